The van der Waals surface area contributed by atoms with Gasteiger partial charge in [-0.15, -0.1) is 16.4 Å². The van der Waals surface area contributed by atoms with Crippen molar-refractivity contribution in [2.75, 3.05) is 0 Å². The molecular weight excluding hydrogens is 294 g/mol. The van der Waals surface area contributed by atoms with Crippen LogP contribution in [0.4, 0.5) is 0 Å². The molecule has 1 fully saturated rings. The lowest BCUT2D eigenvalue weighted by Gasteiger charge is -2.02. The summed E-state index contributed by atoms with van der Waals surface area (Å²) in [7, 11) is 0. The fourth-order valence-corrected chi connectivity index (χ4v) is 3.11. The van der Waals surface area contributed by atoms with Crippen molar-refractivity contribution in [2.45, 2.75) is 29.1 Å². The molecule has 9 heteroatoms. The van der Waals surface area contributed by atoms with Gasteiger partial charge in [-0.25, -0.2) is 19.6 Å². The van der Waals surface area contributed by atoms with E-state index in [9.17, 15) is 0 Å². The van der Waals surface area contributed by atoms with Crippen LogP contribution < -0.4 is 0 Å². The van der Waals surface area contributed by atoms with Crippen LogP contribution in [0.25, 0.3) is 10.8 Å². The lowest BCUT2D eigenvalue weighted by molar-refractivity contribution is 0.565. The number of tetrazole rings is 1. The van der Waals surface area contributed by atoms with Gasteiger partial charge in [-0.05, 0) is 41.1 Å². The van der Waals surface area contributed by atoms with Crippen LogP contribution in [0.15, 0.2) is 34.0 Å². The van der Waals surface area contributed by atoms with Gasteiger partial charge in [-0.1, -0.05) is 0 Å². The van der Waals surface area contributed by atoms with Gasteiger partial charge in [0.1, 0.15) is 5.03 Å². The highest BCUT2D eigenvalue weighted by Gasteiger charge is 2.28. The molecule has 3 heterocycles. The highest BCUT2D eigenvalue weighted by Crippen LogP contribution is 2.37. The quantitative estimate of drug-likeness (QED) is 0.682. The van der Waals surface area contributed by atoms with E-state index >= 15 is 0 Å². The van der Waals surface area contributed by atoms with Crippen LogP contribution in [0, 0.1) is 0 Å². The van der Waals surface area contributed by atoms with Gasteiger partial charge in [-0.2, -0.15) is 0 Å². The van der Waals surface area contributed by atoms with Gasteiger partial charge in [0.2, 0.25) is 5.16 Å². The lowest BCUT2D eigenvalue weighted by Crippen LogP contribution is -1.99. The van der Waals surface area contributed by atoms with Crippen molar-refractivity contribution >= 4 is 23.1 Å². The summed E-state index contributed by atoms with van der Waals surface area (Å²) in [4.78, 5) is 13.0. The summed E-state index contributed by atoms with van der Waals surface area (Å²) in [6.07, 6.45) is 5.77. The second-order valence-corrected chi connectivity index (χ2v) is 6.18. The van der Waals surface area contributed by atoms with Gasteiger partial charge in [-0.3, -0.25) is 0 Å². The third-order valence-corrected chi connectivity index (χ3v) is 4.46. The van der Waals surface area contributed by atoms with Crippen LogP contribution in [-0.4, -0.2) is 35.2 Å². The average Bonchev–Trinajstić information content (AvgIpc) is 3.00. The minimum atomic E-state index is 0.452. The number of nitrogens with zero attached hydrogens (tertiary/aromatic N) is 7. The van der Waals surface area contributed by atoms with E-state index in [0.717, 1.165) is 28.0 Å². The molecule has 0 spiro atoms. The Labute approximate surface area is 122 Å². The first-order valence-corrected chi connectivity index (χ1v) is 7.78. The van der Waals surface area contributed by atoms with Crippen LogP contribution in [-0.2, 0) is 0 Å². The highest BCUT2D eigenvalue weighted by molar-refractivity contribution is 7.99. The van der Waals surface area contributed by atoms with Crippen molar-refractivity contribution < 1.29 is 0 Å². The zero-order chi connectivity index (χ0) is 13.4. The molecule has 0 bridgehead atoms. The van der Waals surface area contributed by atoms with E-state index < -0.39 is 0 Å². The molecule has 1 aliphatic carbocycles. The summed E-state index contributed by atoms with van der Waals surface area (Å²) in [6, 6.07) is 2.31. The molecule has 20 heavy (non-hydrogen) atoms. The van der Waals surface area contributed by atoms with Gasteiger partial charge in [0.05, 0.1) is 6.04 Å². The SMILES string of the molecule is c1cc(Sc2nnnn2C2CC2)nc(-c2nccs2)n1. The minimum Gasteiger partial charge on any atom is -0.241 e. The molecule has 1 saturated carbocycles. The summed E-state index contributed by atoms with van der Waals surface area (Å²) in [6.45, 7) is 0. The van der Waals surface area contributed by atoms with Crippen molar-refractivity contribution in [3.05, 3.63) is 23.8 Å². The molecule has 0 radical (unpaired) electrons. The molecule has 100 valence electrons. The van der Waals surface area contributed by atoms with Gasteiger partial charge in [0, 0.05) is 17.8 Å². The van der Waals surface area contributed by atoms with Crippen molar-refractivity contribution in [2.24, 2.45) is 0 Å². The standard InChI is InChI=1S/C11H9N7S2/c1-2-7(1)18-11(15-16-17-18)20-8-3-4-12-9(14-8)10-13-5-6-19-10/h3-7H,1-2H2. The van der Waals surface area contributed by atoms with E-state index in [4.69, 9.17) is 0 Å². The Morgan fingerprint density at radius 2 is 2.20 bits per heavy atom. The molecule has 0 amide bonds. The van der Waals surface area contributed by atoms with Gasteiger partial charge < -0.3 is 0 Å². The topological polar surface area (TPSA) is 82.3 Å². The minimum absolute atomic E-state index is 0.452. The fourth-order valence-electron chi connectivity index (χ4n) is 1.73. The van der Waals surface area contributed by atoms with Crippen LogP contribution in [0.5, 0.6) is 0 Å². The van der Waals surface area contributed by atoms with Crippen molar-refractivity contribution in [1.82, 2.24) is 35.2 Å². The highest BCUT2D eigenvalue weighted by atomic mass is 32.2. The predicted molar refractivity (Wildman–Crippen MR) is 73.4 cm³/mol. The number of rotatable bonds is 4. The Morgan fingerprint density at radius 3 is 3.00 bits per heavy atom. The molecule has 0 saturated heterocycles. The molecule has 7 nitrogen and oxygen atoms in total. The van der Waals surface area contributed by atoms with Gasteiger partial charge in [0.15, 0.2) is 10.8 Å². The Morgan fingerprint density at radius 1 is 1.25 bits per heavy atom. The molecular formula is C11H9N7S2. The van der Waals surface area contributed by atoms with Crippen LogP contribution in [0.2, 0.25) is 0 Å². The molecule has 0 aliphatic heterocycles. The van der Waals surface area contributed by atoms with Crippen LogP contribution in [0.3, 0.4) is 0 Å². The summed E-state index contributed by atoms with van der Waals surface area (Å²) in [5.41, 5.74) is 0. The van der Waals surface area contributed by atoms with Crippen molar-refractivity contribution in [1.29, 1.82) is 0 Å². The molecule has 0 aromatic carbocycles. The largest absolute Gasteiger partial charge is 0.241 e. The first kappa shape index (κ1) is 11.9. The summed E-state index contributed by atoms with van der Waals surface area (Å²) < 4.78 is 1.87. The number of hydrogen-bond donors (Lipinski definition) is 0. The normalized spacial score (nSPS) is 14.6. The first-order chi connectivity index (χ1) is 9.90. The Balaban J connectivity index is 1.62. The average molecular weight is 303 g/mol. The third kappa shape index (κ3) is 2.29. The molecule has 0 N–H and O–H groups in total. The summed E-state index contributed by atoms with van der Waals surface area (Å²) in [5.74, 6) is 0.635. The maximum Gasteiger partial charge on any atom is 0.215 e. The van der Waals surface area contributed by atoms with E-state index in [1.807, 2.05) is 16.1 Å². The first-order valence-electron chi connectivity index (χ1n) is 6.09. The zero-order valence-electron chi connectivity index (χ0n) is 10.2. The number of hydrogen-bond acceptors (Lipinski definition) is 8. The second kappa shape index (κ2) is 4.91. The Bertz CT molecular complexity index is 720. The van der Waals surface area contributed by atoms with E-state index in [1.165, 1.54) is 23.1 Å². The molecule has 0 unspecified atom stereocenters. The molecule has 3 aromatic heterocycles. The smallest absolute Gasteiger partial charge is 0.215 e. The number of thiazole rings is 1. The molecule has 0 atom stereocenters. The van der Waals surface area contributed by atoms with E-state index in [2.05, 4.69) is 30.5 Å². The monoisotopic (exact) mass is 303 g/mol. The number of aromatic nitrogens is 7. The maximum atomic E-state index is 4.50. The third-order valence-electron chi connectivity index (χ3n) is 2.80. The fraction of sp³-hybridized carbons (Fsp3) is 0.273. The lowest BCUT2D eigenvalue weighted by atomic mass is 10.6. The summed E-state index contributed by atoms with van der Waals surface area (Å²) in [5, 5.41) is 16.1. The van der Waals surface area contributed by atoms with E-state index in [1.54, 1.807) is 12.4 Å². The van der Waals surface area contributed by atoms with Gasteiger partial charge >= 0.3 is 0 Å². The summed E-state index contributed by atoms with van der Waals surface area (Å²) >= 11 is 2.97. The second-order valence-electron chi connectivity index (χ2n) is 4.30. The van der Waals surface area contributed by atoms with E-state index in [0.29, 0.717) is 11.9 Å². The van der Waals surface area contributed by atoms with E-state index in [-0.39, 0.29) is 0 Å². The van der Waals surface area contributed by atoms with Crippen molar-refractivity contribution in [3.8, 4) is 10.8 Å². The van der Waals surface area contributed by atoms with Crippen molar-refractivity contribution in [3.63, 3.8) is 0 Å². The maximum absolute atomic E-state index is 4.50. The molecule has 3 aromatic rings. The Hall–Kier alpha value is -1.87. The van der Waals surface area contributed by atoms with Gasteiger partial charge in [0.25, 0.3) is 0 Å². The zero-order valence-corrected chi connectivity index (χ0v) is 11.9. The van der Waals surface area contributed by atoms with Crippen LogP contribution in [0.1, 0.15) is 18.9 Å². The van der Waals surface area contributed by atoms with Crippen LogP contribution >= 0.6 is 23.1 Å². The predicted octanol–water partition coefficient (Wildman–Crippen LogP) is 2.07. The molecule has 4 rings (SSSR count). The molecule has 1 aliphatic rings. The Kier molecular flexibility index (Phi) is 2.92.